The Morgan fingerprint density at radius 3 is 2.71 bits per heavy atom. The molecule has 0 aliphatic heterocycles. The van der Waals surface area contributed by atoms with Crippen molar-refractivity contribution >= 4 is 11.8 Å². The molecule has 3 aromatic rings. The van der Waals surface area contributed by atoms with Crippen LogP contribution >= 0.6 is 0 Å². The quantitative estimate of drug-likeness (QED) is 0.627. The lowest BCUT2D eigenvalue weighted by Gasteiger charge is -2.12. The lowest BCUT2D eigenvalue weighted by molar-refractivity contribution is 0.0526. The largest absolute Gasteiger partial charge is 0.462 e. The first-order valence-corrected chi connectivity index (χ1v) is 8.72. The van der Waals surface area contributed by atoms with E-state index < -0.39 is 17.6 Å². The third kappa shape index (κ3) is 4.64. The fourth-order valence-electron chi connectivity index (χ4n) is 2.50. The summed E-state index contributed by atoms with van der Waals surface area (Å²) in [6.45, 7) is 2.36. The lowest BCUT2D eigenvalue weighted by Crippen LogP contribution is -2.15. The Kier molecular flexibility index (Phi) is 6.21. The molecule has 0 amide bonds. The minimum absolute atomic E-state index is 0.160. The third-order valence-corrected chi connectivity index (χ3v) is 3.86. The summed E-state index contributed by atoms with van der Waals surface area (Å²) in [5.74, 6) is -2.11. The molecule has 0 aliphatic carbocycles. The van der Waals surface area contributed by atoms with Crippen LogP contribution in [0.15, 0.2) is 48.8 Å². The van der Waals surface area contributed by atoms with E-state index in [0.29, 0.717) is 18.5 Å². The number of carbonyl (C=O) groups excluding carboxylic acids is 1. The normalized spacial score (nSPS) is 10.5. The maximum absolute atomic E-state index is 13.5. The molecule has 1 N–H and O–H groups in total. The average Bonchev–Trinajstić information content (AvgIpc) is 2.71. The van der Waals surface area contributed by atoms with Gasteiger partial charge >= 0.3 is 5.97 Å². The van der Waals surface area contributed by atoms with E-state index in [9.17, 15) is 13.6 Å². The molecule has 0 fully saturated rings. The number of halogens is 2. The van der Waals surface area contributed by atoms with Crippen LogP contribution in [-0.2, 0) is 11.2 Å². The second-order valence-corrected chi connectivity index (χ2v) is 5.80. The van der Waals surface area contributed by atoms with Crippen LogP contribution in [0.5, 0.6) is 0 Å². The number of nitrogens with one attached hydrogen (secondary N) is 1. The molecule has 0 radical (unpaired) electrons. The minimum atomic E-state index is -1.000. The molecule has 0 saturated carbocycles. The number of nitrogens with zero attached hydrogens (tertiary/aromatic N) is 3. The molecule has 6 nitrogen and oxygen atoms in total. The zero-order chi connectivity index (χ0) is 19.9. The van der Waals surface area contributed by atoms with Crippen LogP contribution in [0.2, 0.25) is 0 Å². The molecular formula is C20H18F2N4O2. The van der Waals surface area contributed by atoms with Crippen LogP contribution in [-0.4, -0.2) is 34.1 Å². The number of hydrogen-bond acceptors (Lipinski definition) is 6. The predicted octanol–water partition coefficient (Wildman–Crippen LogP) is 3.65. The fraction of sp³-hybridized carbons (Fsp3) is 0.200. The lowest BCUT2D eigenvalue weighted by atomic mass is 10.2. The molecule has 144 valence electrons. The number of pyridine rings is 1. The maximum Gasteiger partial charge on any atom is 0.343 e. The van der Waals surface area contributed by atoms with E-state index in [1.54, 1.807) is 13.1 Å². The topological polar surface area (TPSA) is 77.0 Å². The van der Waals surface area contributed by atoms with Crippen LogP contribution in [0.4, 0.5) is 14.6 Å². The number of rotatable bonds is 7. The van der Waals surface area contributed by atoms with Crippen LogP contribution in [0.25, 0.3) is 11.4 Å². The summed E-state index contributed by atoms with van der Waals surface area (Å²) < 4.78 is 31.8. The van der Waals surface area contributed by atoms with Gasteiger partial charge in [0.05, 0.1) is 6.61 Å². The van der Waals surface area contributed by atoms with E-state index in [1.807, 2.05) is 18.2 Å². The third-order valence-electron chi connectivity index (χ3n) is 3.86. The minimum Gasteiger partial charge on any atom is -0.462 e. The number of benzene rings is 1. The van der Waals surface area contributed by atoms with Crippen molar-refractivity contribution in [1.29, 1.82) is 0 Å². The second-order valence-electron chi connectivity index (χ2n) is 5.80. The molecular weight excluding hydrogens is 366 g/mol. The summed E-state index contributed by atoms with van der Waals surface area (Å²) in [4.78, 5) is 24.8. The Balaban J connectivity index is 1.86. The Morgan fingerprint density at radius 2 is 2.00 bits per heavy atom. The van der Waals surface area contributed by atoms with Crippen molar-refractivity contribution in [2.75, 3.05) is 18.5 Å². The van der Waals surface area contributed by atoms with E-state index in [0.717, 1.165) is 17.8 Å². The van der Waals surface area contributed by atoms with Gasteiger partial charge in [0.15, 0.2) is 17.5 Å². The summed E-state index contributed by atoms with van der Waals surface area (Å²) >= 11 is 0. The SMILES string of the molecule is CCOC(=O)c1cnc(-c2ccc(F)c(F)c2)nc1NCCc1ccccn1. The molecule has 0 spiro atoms. The summed E-state index contributed by atoms with van der Waals surface area (Å²) in [6, 6.07) is 8.98. The first-order valence-electron chi connectivity index (χ1n) is 8.72. The van der Waals surface area contributed by atoms with Crippen LogP contribution < -0.4 is 5.32 Å². The molecule has 28 heavy (non-hydrogen) atoms. The second kappa shape index (κ2) is 8.98. The highest BCUT2D eigenvalue weighted by atomic mass is 19.2. The van der Waals surface area contributed by atoms with Crippen LogP contribution in [0, 0.1) is 11.6 Å². The highest BCUT2D eigenvalue weighted by molar-refractivity contribution is 5.94. The van der Waals surface area contributed by atoms with Gasteiger partial charge < -0.3 is 10.1 Å². The van der Waals surface area contributed by atoms with Gasteiger partial charge in [-0.05, 0) is 37.3 Å². The van der Waals surface area contributed by atoms with Gasteiger partial charge in [-0.25, -0.2) is 23.5 Å². The number of hydrogen-bond donors (Lipinski definition) is 1. The zero-order valence-electron chi connectivity index (χ0n) is 15.2. The molecule has 0 atom stereocenters. The molecule has 0 bridgehead atoms. The average molecular weight is 384 g/mol. The maximum atomic E-state index is 13.5. The van der Waals surface area contributed by atoms with Crippen molar-refractivity contribution in [1.82, 2.24) is 15.0 Å². The van der Waals surface area contributed by atoms with Crippen LogP contribution in [0.3, 0.4) is 0 Å². The molecule has 2 aromatic heterocycles. The van der Waals surface area contributed by atoms with Gasteiger partial charge in [-0.15, -0.1) is 0 Å². The zero-order valence-corrected chi connectivity index (χ0v) is 15.2. The van der Waals surface area contributed by atoms with Gasteiger partial charge in [-0.1, -0.05) is 6.07 Å². The summed E-state index contributed by atoms with van der Waals surface area (Å²) in [5.41, 5.74) is 1.33. The molecule has 0 unspecified atom stereocenters. The van der Waals surface area contributed by atoms with Crippen LogP contribution in [0.1, 0.15) is 23.0 Å². The monoisotopic (exact) mass is 384 g/mol. The predicted molar refractivity (Wildman–Crippen MR) is 99.8 cm³/mol. The Labute approximate surface area is 160 Å². The number of anilines is 1. The van der Waals surface area contributed by atoms with E-state index in [2.05, 4.69) is 20.3 Å². The van der Waals surface area contributed by atoms with E-state index in [-0.39, 0.29) is 23.8 Å². The van der Waals surface area contributed by atoms with Crippen molar-refractivity contribution in [3.8, 4) is 11.4 Å². The number of ether oxygens (including phenoxy) is 1. The van der Waals surface area contributed by atoms with Crippen molar-refractivity contribution in [2.24, 2.45) is 0 Å². The van der Waals surface area contributed by atoms with Gasteiger partial charge in [-0.2, -0.15) is 0 Å². The molecule has 3 rings (SSSR count). The Hall–Kier alpha value is -3.42. The molecule has 2 heterocycles. The summed E-state index contributed by atoms with van der Waals surface area (Å²) in [6.07, 6.45) is 3.61. The highest BCUT2D eigenvalue weighted by Gasteiger charge is 2.17. The van der Waals surface area contributed by atoms with Crippen molar-refractivity contribution in [3.05, 3.63) is 71.7 Å². The fourth-order valence-corrected chi connectivity index (χ4v) is 2.50. The number of esters is 1. The van der Waals surface area contributed by atoms with E-state index in [1.165, 1.54) is 12.3 Å². The van der Waals surface area contributed by atoms with Gasteiger partial charge in [0.25, 0.3) is 0 Å². The molecule has 8 heteroatoms. The molecule has 1 aromatic carbocycles. The summed E-state index contributed by atoms with van der Waals surface area (Å²) in [7, 11) is 0. The summed E-state index contributed by atoms with van der Waals surface area (Å²) in [5, 5.41) is 3.08. The van der Waals surface area contributed by atoms with Gasteiger partial charge in [-0.3, -0.25) is 4.98 Å². The van der Waals surface area contributed by atoms with Gasteiger partial charge in [0.2, 0.25) is 0 Å². The highest BCUT2D eigenvalue weighted by Crippen LogP contribution is 2.22. The first-order chi connectivity index (χ1) is 13.6. The smallest absolute Gasteiger partial charge is 0.343 e. The molecule has 0 saturated heterocycles. The standard InChI is InChI=1S/C20H18F2N4O2/c1-2-28-20(27)15-12-25-18(13-6-7-16(21)17(22)11-13)26-19(15)24-10-8-14-5-3-4-9-23-14/h3-7,9,11-12H,2,8,10H2,1H3,(H,24,25,26). The van der Waals surface area contributed by atoms with Crippen molar-refractivity contribution in [3.63, 3.8) is 0 Å². The van der Waals surface area contributed by atoms with Crippen molar-refractivity contribution in [2.45, 2.75) is 13.3 Å². The first kappa shape index (κ1) is 19.3. The van der Waals surface area contributed by atoms with Crippen molar-refractivity contribution < 1.29 is 18.3 Å². The van der Waals surface area contributed by atoms with E-state index in [4.69, 9.17) is 4.74 Å². The Morgan fingerprint density at radius 1 is 1.14 bits per heavy atom. The van der Waals surface area contributed by atoms with Gasteiger partial charge in [0.1, 0.15) is 11.4 Å². The number of aromatic nitrogens is 3. The van der Waals surface area contributed by atoms with Gasteiger partial charge in [0, 0.05) is 36.6 Å². The number of carbonyl (C=O) groups is 1. The molecule has 0 aliphatic rings. The Bertz CT molecular complexity index is 968. The van der Waals surface area contributed by atoms with E-state index >= 15 is 0 Å².